The molecule has 0 atom stereocenters. The van der Waals surface area contributed by atoms with Crippen LogP contribution in [-0.4, -0.2) is 18.7 Å². The zero-order valence-corrected chi connectivity index (χ0v) is 11.6. The van der Waals surface area contributed by atoms with Crippen molar-refractivity contribution in [2.75, 3.05) is 13.7 Å². The van der Waals surface area contributed by atoms with E-state index in [1.807, 2.05) is 0 Å². The summed E-state index contributed by atoms with van der Waals surface area (Å²) in [6.07, 6.45) is 4.30. The first-order valence-electron chi connectivity index (χ1n) is 6.34. The van der Waals surface area contributed by atoms with Crippen LogP contribution in [0, 0.1) is 0 Å². The van der Waals surface area contributed by atoms with Crippen LogP contribution in [-0.2, 0) is 24.0 Å². The molecule has 0 aliphatic rings. The number of aromatic nitrogens is 1. The maximum atomic E-state index is 5.06. The van der Waals surface area contributed by atoms with Crippen LogP contribution in [0.2, 0.25) is 0 Å². The average molecular weight is 261 g/mol. The highest BCUT2D eigenvalue weighted by Crippen LogP contribution is 2.14. The lowest BCUT2D eigenvalue weighted by atomic mass is 10.1. The average Bonchev–Trinajstić information content (AvgIpc) is 2.85. The first-order chi connectivity index (χ1) is 8.88. The fourth-order valence-electron chi connectivity index (χ4n) is 1.87. The lowest BCUT2D eigenvalue weighted by Crippen LogP contribution is -1.95. The third-order valence-electron chi connectivity index (χ3n) is 2.86. The van der Waals surface area contributed by atoms with Gasteiger partial charge in [-0.3, -0.25) is 0 Å². The van der Waals surface area contributed by atoms with Crippen LogP contribution in [0.4, 0.5) is 0 Å². The molecule has 2 nitrogen and oxygen atoms in total. The second kappa shape index (κ2) is 7.29. The third-order valence-corrected chi connectivity index (χ3v) is 3.82. The molecule has 0 saturated heterocycles. The first-order valence-corrected chi connectivity index (χ1v) is 7.22. The zero-order chi connectivity index (χ0) is 12.6. The number of hydrogen-bond donors (Lipinski definition) is 0. The summed E-state index contributed by atoms with van der Waals surface area (Å²) in [6, 6.07) is 10.6. The Bertz CT molecular complexity index is 453. The fraction of sp³-hybridized carbons (Fsp3) is 0.400. The van der Waals surface area contributed by atoms with Gasteiger partial charge in [-0.15, -0.1) is 11.3 Å². The number of benzene rings is 1. The number of thiazole rings is 1. The van der Waals surface area contributed by atoms with Crippen LogP contribution in [0.5, 0.6) is 0 Å². The summed E-state index contributed by atoms with van der Waals surface area (Å²) in [5.74, 6) is 0. The van der Waals surface area contributed by atoms with Crippen molar-refractivity contribution in [1.29, 1.82) is 0 Å². The van der Waals surface area contributed by atoms with Gasteiger partial charge >= 0.3 is 0 Å². The highest BCUT2D eigenvalue weighted by Gasteiger charge is 2.02. The summed E-state index contributed by atoms with van der Waals surface area (Å²) in [7, 11) is 1.73. The molecule has 0 radical (unpaired) electrons. The molecular formula is C15H19NOS. The fourth-order valence-corrected chi connectivity index (χ4v) is 2.75. The standard InChI is InChI=1S/C15H19NOS/c1-17-11-10-14-12-18-15(16-14)9-5-8-13-6-3-2-4-7-13/h2-4,6-7,12H,5,8-11H2,1H3. The van der Waals surface area contributed by atoms with Crippen molar-refractivity contribution in [2.45, 2.75) is 25.7 Å². The molecule has 0 unspecified atom stereocenters. The second-order valence-corrected chi connectivity index (χ2v) is 5.26. The van der Waals surface area contributed by atoms with Crippen LogP contribution >= 0.6 is 11.3 Å². The Morgan fingerprint density at radius 2 is 1.94 bits per heavy atom. The Kier molecular flexibility index (Phi) is 5.36. The molecule has 3 heteroatoms. The van der Waals surface area contributed by atoms with Gasteiger partial charge in [0.2, 0.25) is 0 Å². The molecule has 0 bridgehead atoms. The first kappa shape index (κ1) is 13.2. The van der Waals surface area contributed by atoms with Crippen LogP contribution in [0.15, 0.2) is 35.7 Å². The van der Waals surface area contributed by atoms with Crippen LogP contribution in [0.25, 0.3) is 0 Å². The minimum absolute atomic E-state index is 0.757. The summed E-state index contributed by atoms with van der Waals surface area (Å²) >= 11 is 1.77. The van der Waals surface area contributed by atoms with E-state index in [-0.39, 0.29) is 0 Å². The maximum absolute atomic E-state index is 5.06. The number of ether oxygens (including phenoxy) is 1. The number of nitrogens with zero attached hydrogens (tertiary/aromatic N) is 1. The van der Waals surface area contributed by atoms with Gasteiger partial charge in [-0.25, -0.2) is 4.98 Å². The Morgan fingerprint density at radius 3 is 2.72 bits per heavy atom. The second-order valence-electron chi connectivity index (χ2n) is 4.31. The molecule has 2 aromatic rings. The molecule has 1 aromatic heterocycles. The predicted molar refractivity (Wildman–Crippen MR) is 76.2 cm³/mol. The Morgan fingerprint density at radius 1 is 1.11 bits per heavy atom. The van der Waals surface area contributed by atoms with Crippen molar-refractivity contribution in [2.24, 2.45) is 0 Å². The van der Waals surface area contributed by atoms with Gasteiger partial charge in [-0.1, -0.05) is 30.3 Å². The molecule has 0 fully saturated rings. The van der Waals surface area contributed by atoms with Crippen molar-refractivity contribution in [3.05, 3.63) is 52.0 Å². The van der Waals surface area contributed by atoms with Crippen molar-refractivity contribution in [3.63, 3.8) is 0 Å². The zero-order valence-electron chi connectivity index (χ0n) is 10.8. The van der Waals surface area contributed by atoms with Gasteiger partial charge < -0.3 is 4.74 Å². The van der Waals surface area contributed by atoms with E-state index in [0.29, 0.717) is 0 Å². The predicted octanol–water partition coefficient (Wildman–Crippen LogP) is 3.51. The molecule has 1 heterocycles. The normalized spacial score (nSPS) is 10.7. The molecule has 1 aromatic carbocycles. The molecule has 0 aliphatic carbocycles. The largest absolute Gasteiger partial charge is 0.384 e. The van der Waals surface area contributed by atoms with Crippen molar-refractivity contribution in [3.8, 4) is 0 Å². The maximum Gasteiger partial charge on any atom is 0.0928 e. The van der Waals surface area contributed by atoms with Crippen LogP contribution in [0.1, 0.15) is 22.7 Å². The Labute approximate surface area is 113 Å². The van der Waals surface area contributed by atoms with Gasteiger partial charge in [-0.05, 0) is 24.8 Å². The number of hydrogen-bond acceptors (Lipinski definition) is 3. The topological polar surface area (TPSA) is 22.1 Å². The lowest BCUT2D eigenvalue weighted by Gasteiger charge is -1.99. The Hall–Kier alpha value is -1.19. The number of rotatable bonds is 7. The molecule has 0 N–H and O–H groups in total. The summed E-state index contributed by atoms with van der Waals surface area (Å²) in [5.41, 5.74) is 2.57. The monoisotopic (exact) mass is 261 g/mol. The van der Waals surface area contributed by atoms with Crippen molar-refractivity contribution < 1.29 is 4.74 Å². The van der Waals surface area contributed by atoms with Gasteiger partial charge in [0.05, 0.1) is 17.3 Å². The van der Waals surface area contributed by atoms with Crippen molar-refractivity contribution >= 4 is 11.3 Å². The van der Waals surface area contributed by atoms with Gasteiger partial charge in [0.25, 0.3) is 0 Å². The number of aryl methyl sites for hydroxylation is 2. The van der Waals surface area contributed by atoms with Gasteiger partial charge in [0.15, 0.2) is 0 Å². The van der Waals surface area contributed by atoms with E-state index >= 15 is 0 Å². The van der Waals surface area contributed by atoms with Gasteiger partial charge in [-0.2, -0.15) is 0 Å². The molecule has 2 rings (SSSR count). The van der Waals surface area contributed by atoms with Gasteiger partial charge in [0.1, 0.15) is 0 Å². The van der Waals surface area contributed by atoms with E-state index in [0.717, 1.165) is 31.6 Å². The minimum Gasteiger partial charge on any atom is -0.384 e. The van der Waals surface area contributed by atoms with E-state index in [4.69, 9.17) is 4.74 Å². The number of methoxy groups -OCH3 is 1. The smallest absolute Gasteiger partial charge is 0.0928 e. The highest BCUT2D eigenvalue weighted by molar-refractivity contribution is 7.09. The SMILES string of the molecule is COCCc1csc(CCCc2ccccc2)n1. The molecule has 0 amide bonds. The minimum atomic E-state index is 0.757. The van der Waals surface area contributed by atoms with Crippen molar-refractivity contribution in [1.82, 2.24) is 4.98 Å². The molecular weight excluding hydrogens is 242 g/mol. The van der Waals surface area contributed by atoms with E-state index in [1.54, 1.807) is 18.4 Å². The lowest BCUT2D eigenvalue weighted by molar-refractivity contribution is 0.201. The van der Waals surface area contributed by atoms with Crippen LogP contribution in [0.3, 0.4) is 0 Å². The molecule has 96 valence electrons. The van der Waals surface area contributed by atoms with E-state index in [9.17, 15) is 0 Å². The summed E-state index contributed by atoms with van der Waals surface area (Å²) in [4.78, 5) is 4.62. The van der Waals surface area contributed by atoms with E-state index in [1.165, 1.54) is 17.0 Å². The Balaban J connectivity index is 1.75. The highest BCUT2D eigenvalue weighted by atomic mass is 32.1. The van der Waals surface area contributed by atoms with E-state index < -0.39 is 0 Å². The third kappa shape index (κ3) is 4.24. The summed E-state index contributed by atoms with van der Waals surface area (Å²) < 4.78 is 5.06. The molecule has 0 saturated carbocycles. The molecule has 0 aliphatic heterocycles. The van der Waals surface area contributed by atoms with Gasteiger partial charge in [0, 0.05) is 18.9 Å². The summed E-state index contributed by atoms with van der Waals surface area (Å²) in [5, 5.41) is 3.40. The molecule has 0 spiro atoms. The van der Waals surface area contributed by atoms with E-state index in [2.05, 4.69) is 40.7 Å². The summed E-state index contributed by atoms with van der Waals surface area (Å²) in [6.45, 7) is 0.757. The quantitative estimate of drug-likeness (QED) is 0.761. The van der Waals surface area contributed by atoms with Crippen LogP contribution < -0.4 is 0 Å². The molecule has 18 heavy (non-hydrogen) atoms.